The number of nitrogens with one attached hydrogen (secondary N) is 1. The fourth-order valence-corrected chi connectivity index (χ4v) is 4.05. The van der Waals surface area contributed by atoms with Crippen LogP contribution in [0.2, 0.25) is 0 Å². The summed E-state index contributed by atoms with van der Waals surface area (Å²) in [5, 5.41) is 2.87. The number of urea groups is 1. The SMILES string of the molecule is Cc1ccc(N2CCCN(C(C)c3ccccc3)C2=O)c(NC(=O)c2cccc(F)c2)c1. The van der Waals surface area contributed by atoms with Crippen LogP contribution in [-0.4, -0.2) is 29.9 Å². The lowest BCUT2D eigenvalue weighted by Crippen LogP contribution is -2.50. The minimum absolute atomic E-state index is 0.0673. The van der Waals surface area contributed by atoms with Crippen LogP contribution in [-0.2, 0) is 0 Å². The predicted octanol–water partition coefficient (Wildman–Crippen LogP) is 5.78. The quantitative estimate of drug-likeness (QED) is 0.557. The first-order chi connectivity index (χ1) is 15.4. The molecule has 164 valence electrons. The van der Waals surface area contributed by atoms with Gasteiger partial charge >= 0.3 is 6.03 Å². The second kappa shape index (κ2) is 9.22. The summed E-state index contributed by atoms with van der Waals surface area (Å²) in [4.78, 5) is 29.8. The average molecular weight is 432 g/mol. The van der Waals surface area contributed by atoms with E-state index in [1.165, 1.54) is 18.2 Å². The van der Waals surface area contributed by atoms with Crippen molar-refractivity contribution in [2.45, 2.75) is 26.3 Å². The molecule has 1 saturated heterocycles. The van der Waals surface area contributed by atoms with E-state index in [1.54, 1.807) is 11.0 Å². The molecule has 1 aliphatic heterocycles. The zero-order valence-corrected chi connectivity index (χ0v) is 18.2. The summed E-state index contributed by atoms with van der Waals surface area (Å²) in [6.07, 6.45) is 0.814. The molecule has 1 aliphatic rings. The minimum Gasteiger partial charge on any atom is -0.320 e. The lowest BCUT2D eigenvalue weighted by atomic mass is 10.1. The summed E-state index contributed by atoms with van der Waals surface area (Å²) in [5.41, 5.74) is 3.41. The van der Waals surface area contributed by atoms with Gasteiger partial charge in [-0.2, -0.15) is 0 Å². The molecule has 3 amide bonds. The molecular formula is C26H26FN3O2. The number of anilines is 2. The molecule has 1 unspecified atom stereocenters. The third kappa shape index (κ3) is 4.49. The Balaban J connectivity index is 1.61. The standard InChI is InChI=1S/C26H26FN3O2/c1-18-12-13-24(23(16-18)28-25(31)21-10-6-11-22(27)17-21)30-15-7-14-29(26(30)32)19(2)20-8-4-3-5-9-20/h3-6,8-13,16-17,19H,7,14-15H2,1-2H3,(H,28,31). The zero-order chi connectivity index (χ0) is 22.7. The fraction of sp³-hybridized carbons (Fsp3) is 0.231. The number of hydrogen-bond acceptors (Lipinski definition) is 2. The Kier molecular flexibility index (Phi) is 6.21. The van der Waals surface area contributed by atoms with Gasteiger partial charge in [0.05, 0.1) is 17.4 Å². The first-order valence-electron chi connectivity index (χ1n) is 10.7. The highest BCUT2D eigenvalue weighted by Gasteiger charge is 2.32. The molecule has 0 aliphatic carbocycles. The molecule has 0 radical (unpaired) electrons. The van der Waals surface area contributed by atoms with E-state index >= 15 is 0 Å². The van der Waals surface area contributed by atoms with Gasteiger partial charge < -0.3 is 10.2 Å². The van der Waals surface area contributed by atoms with Crippen molar-refractivity contribution in [3.05, 3.63) is 95.3 Å². The fourth-order valence-electron chi connectivity index (χ4n) is 4.05. The molecule has 0 bridgehead atoms. The molecule has 5 nitrogen and oxygen atoms in total. The number of hydrogen-bond donors (Lipinski definition) is 1. The number of aryl methyl sites for hydroxylation is 1. The molecule has 1 fully saturated rings. The molecule has 6 heteroatoms. The smallest absolute Gasteiger partial charge is 0.320 e. The second-order valence-electron chi connectivity index (χ2n) is 8.05. The Morgan fingerprint density at radius 1 is 1.00 bits per heavy atom. The average Bonchev–Trinajstić information content (AvgIpc) is 2.80. The van der Waals surface area contributed by atoms with Crippen molar-refractivity contribution >= 4 is 23.3 Å². The lowest BCUT2D eigenvalue weighted by molar-refractivity contribution is 0.102. The van der Waals surface area contributed by atoms with Gasteiger partial charge in [-0.15, -0.1) is 0 Å². The van der Waals surface area contributed by atoms with E-state index in [0.29, 0.717) is 24.5 Å². The number of carbonyl (C=O) groups excluding carboxylic acids is 2. The first-order valence-corrected chi connectivity index (χ1v) is 10.7. The highest BCUT2D eigenvalue weighted by molar-refractivity contribution is 6.07. The molecule has 1 heterocycles. The van der Waals surface area contributed by atoms with Gasteiger partial charge in [-0.05, 0) is 61.7 Å². The predicted molar refractivity (Wildman–Crippen MR) is 124 cm³/mol. The van der Waals surface area contributed by atoms with Crippen LogP contribution in [0.4, 0.5) is 20.6 Å². The summed E-state index contributed by atoms with van der Waals surface area (Å²) >= 11 is 0. The van der Waals surface area contributed by atoms with Gasteiger partial charge in [-0.25, -0.2) is 9.18 Å². The summed E-state index contributed by atoms with van der Waals surface area (Å²) in [5.74, 6) is -0.894. The summed E-state index contributed by atoms with van der Waals surface area (Å²) in [7, 11) is 0. The van der Waals surface area contributed by atoms with Gasteiger partial charge in [0.25, 0.3) is 5.91 Å². The van der Waals surface area contributed by atoms with Crippen LogP contribution in [0, 0.1) is 12.7 Å². The molecule has 4 rings (SSSR count). The summed E-state index contributed by atoms with van der Waals surface area (Å²) < 4.78 is 13.6. The zero-order valence-electron chi connectivity index (χ0n) is 18.2. The summed E-state index contributed by atoms with van der Waals surface area (Å²) in [6.45, 7) is 5.17. The van der Waals surface area contributed by atoms with Gasteiger partial charge in [0, 0.05) is 18.7 Å². The molecule has 3 aromatic rings. The van der Waals surface area contributed by atoms with E-state index in [9.17, 15) is 14.0 Å². The molecule has 32 heavy (non-hydrogen) atoms. The normalized spacial score (nSPS) is 14.9. The topological polar surface area (TPSA) is 52.6 Å². The monoisotopic (exact) mass is 431 g/mol. The Labute approximate surface area is 187 Å². The molecule has 1 N–H and O–H groups in total. The number of halogens is 1. The summed E-state index contributed by atoms with van der Waals surface area (Å²) in [6, 6.07) is 20.9. The van der Waals surface area contributed by atoms with Crippen molar-refractivity contribution in [2.75, 3.05) is 23.3 Å². The van der Waals surface area contributed by atoms with Crippen LogP contribution in [0.15, 0.2) is 72.8 Å². The molecule has 0 aromatic heterocycles. The van der Waals surface area contributed by atoms with Crippen molar-refractivity contribution in [1.29, 1.82) is 0 Å². The lowest BCUT2D eigenvalue weighted by Gasteiger charge is -2.39. The van der Waals surface area contributed by atoms with Crippen LogP contribution in [0.25, 0.3) is 0 Å². The maximum absolute atomic E-state index is 13.6. The molecular weight excluding hydrogens is 405 g/mol. The number of benzene rings is 3. The van der Waals surface area contributed by atoms with Gasteiger partial charge in [-0.3, -0.25) is 9.69 Å². The van der Waals surface area contributed by atoms with Crippen LogP contribution in [0.5, 0.6) is 0 Å². The van der Waals surface area contributed by atoms with E-state index in [4.69, 9.17) is 0 Å². The van der Waals surface area contributed by atoms with Gasteiger partial charge in [-0.1, -0.05) is 42.5 Å². The Morgan fingerprint density at radius 3 is 2.53 bits per heavy atom. The maximum atomic E-state index is 13.6. The van der Waals surface area contributed by atoms with E-state index in [-0.39, 0.29) is 17.6 Å². The van der Waals surface area contributed by atoms with E-state index in [0.717, 1.165) is 17.5 Å². The van der Waals surface area contributed by atoms with Crippen molar-refractivity contribution in [3.63, 3.8) is 0 Å². The number of rotatable bonds is 5. The van der Waals surface area contributed by atoms with Crippen molar-refractivity contribution in [3.8, 4) is 0 Å². The first kappa shape index (κ1) is 21.6. The van der Waals surface area contributed by atoms with Gasteiger partial charge in [0.15, 0.2) is 0 Å². The third-order valence-corrected chi connectivity index (χ3v) is 5.78. The van der Waals surface area contributed by atoms with E-state index in [1.807, 2.05) is 67.3 Å². The Hall–Kier alpha value is -3.67. The maximum Gasteiger partial charge on any atom is 0.325 e. The highest BCUT2D eigenvalue weighted by atomic mass is 19.1. The van der Waals surface area contributed by atoms with Crippen molar-refractivity contribution in [1.82, 2.24) is 4.90 Å². The van der Waals surface area contributed by atoms with Gasteiger partial charge in [0.1, 0.15) is 5.82 Å². The Morgan fingerprint density at radius 2 is 1.78 bits per heavy atom. The van der Waals surface area contributed by atoms with Crippen LogP contribution in [0.1, 0.15) is 40.9 Å². The van der Waals surface area contributed by atoms with Gasteiger partial charge in [0.2, 0.25) is 0 Å². The molecule has 0 spiro atoms. The second-order valence-corrected chi connectivity index (χ2v) is 8.05. The third-order valence-electron chi connectivity index (χ3n) is 5.78. The van der Waals surface area contributed by atoms with Crippen LogP contribution in [0.3, 0.4) is 0 Å². The largest absolute Gasteiger partial charge is 0.325 e. The molecule has 3 aromatic carbocycles. The van der Waals surface area contributed by atoms with Crippen LogP contribution >= 0.6 is 0 Å². The number of nitrogens with zero attached hydrogens (tertiary/aromatic N) is 2. The Bertz CT molecular complexity index is 1130. The molecule has 0 saturated carbocycles. The van der Waals surface area contributed by atoms with Crippen molar-refractivity contribution in [2.24, 2.45) is 0 Å². The van der Waals surface area contributed by atoms with E-state index in [2.05, 4.69) is 5.32 Å². The van der Waals surface area contributed by atoms with Crippen LogP contribution < -0.4 is 10.2 Å². The number of carbonyl (C=O) groups is 2. The van der Waals surface area contributed by atoms with Crippen molar-refractivity contribution < 1.29 is 14.0 Å². The minimum atomic E-state index is -0.473. The molecule has 1 atom stereocenters. The highest BCUT2D eigenvalue weighted by Crippen LogP contribution is 2.33. The number of amides is 3. The van der Waals surface area contributed by atoms with E-state index < -0.39 is 11.7 Å².